The molecular formula is C12H15BrN2O4S2. The number of rotatable bonds is 4. The maximum atomic E-state index is 12.7. The molecule has 0 radical (unpaired) electrons. The van der Waals surface area contributed by atoms with Crippen LogP contribution in [0.15, 0.2) is 20.1 Å². The van der Waals surface area contributed by atoms with E-state index in [0.29, 0.717) is 6.61 Å². The van der Waals surface area contributed by atoms with E-state index in [1.807, 2.05) is 0 Å². The van der Waals surface area contributed by atoms with E-state index in [1.165, 1.54) is 4.31 Å². The zero-order valence-electron chi connectivity index (χ0n) is 11.1. The van der Waals surface area contributed by atoms with Gasteiger partial charge in [-0.3, -0.25) is 4.79 Å². The van der Waals surface area contributed by atoms with Crippen LogP contribution >= 0.6 is 27.3 Å². The molecule has 1 aromatic rings. The molecule has 2 heterocycles. The maximum Gasteiger partial charge on any atom is 0.253 e. The topological polar surface area (TPSA) is 75.7 Å². The number of carbonyl (C=O) groups is 1. The number of halogens is 1. The van der Waals surface area contributed by atoms with Crippen molar-refractivity contribution in [3.05, 3.63) is 15.9 Å². The summed E-state index contributed by atoms with van der Waals surface area (Å²) in [5.74, 6) is -0.267. The number of morpholine rings is 1. The highest BCUT2D eigenvalue weighted by molar-refractivity contribution is 9.11. The van der Waals surface area contributed by atoms with Crippen LogP contribution in [0.5, 0.6) is 0 Å². The molecule has 1 saturated heterocycles. The van der Waals surface area contributed by atoms with Crippen molar-refractivity contribution in [3.8, 4) is 0 Å². The Hall–Kier alpha value is -0.480. The van der Waals surface area contributed by atoms with E-state index in [-0.39, 0.29) is 29.3 Å². The van der Waals surface area contributed by atoms with E-state index in [2.05, 4.69) is 21.2 Å². The smallest absolute Gasteiger partial charge is 0.253 e. The zero-order chi connectivity index (χ0) is 15.0. The highest BCUT2D eigenvalue weighted by Crippen LogP contribution is 2.30. The number of thiophene rings is 1. The average molecular weight is 395 g/mol. The quantitative estimate of drug-likeness (QED) is 0.831. The van der Waals surface area contributed by atoms with Gasteiger partial charge in [-0.25, -0.2) is 8.42 Å². The van der Waals surface area contributed by atoms with Crippen molar-refractivity contribution in [2.24, 2.45) is 0 Å². The third-order valence-electron chi connectivity index (χ3n) is 3.42. The number of amides is 1. The number of nitrogens with one attached hydrogen (secondary N) is 1. The summed E-state index contributed by atoms with van der Waals surface area (Å²) >= 11 is 4.41. The molecule has 1 unspecified atom stereocenters. The summed E-state index contributed by atoms with van der Waals surface area (Å²) in [6, 6.07) is 2.65. The van der Waals surface area contributed by atoms with Crippen molar-refractivity contribution < 1.29 is 17.9 Å². The molecule has 2 fully saturated rings. The molecule has 21 heavy (non-hydrogen) atoms. The molecule has 1 atom stereocenters. The fourth-order valence-electron chi connectivity index (χ4n) is 2.16. The first kappa shape index (κ1) is 15.4. The van der Waals surface area contributed by atoms with Gasteiger partial charge in [0.1, 0.15) is 10.3 Å². The van der Waals surface area contributed by atoms with Gasteiger partial charge in [0, 0.05) is 12.6 Å². The van der Waals surface area contributed by atoms with Crippen LogP contribution < -0.4 is 5.32 Å². The predicted octanol–water partition coefficient (Wildman–Crippen LogP) is 1.18. The van der Waals surface area contributed by atoms with Crippen molar-refractivity contribution >= 4 is 43.2 Å². The van der Waals surface area contributed by atoms with Gasteiger partial charge in [-0.15, -0.1) is 11.3 Å². The van der Waals surface area contributed by atoms with Crippen molar-refractivity contribution in [2.75, 3.05) is 19.8 Å². The minimum Gasteiger partial charge on any atom is -0.378 e. The molecule has 1 saturated carbocycles. The second-order valence-corrected chi connectivity index (χ2v) is 9.63. The lowest BCUT2D eigenvalue weighted by atomic mass is 10.2. The van der Waals surface area contributed by atoms with Gasteiger partial charge < -0.3 is 10.1 Å². The first-order valence-electron chi connectivity index (χ1n) is 6.64. The number of carbonyl (C=O) groups excluding carboxylic acids is 1. The minimum atomic E-state index is -3.67. The third-order valence-corrected chi connectivity index (χ3v) is 7.42. The Morgan fingerprint density at radius 3 is 2.81 bits per heavy atom. The van der Waals surface area contributed by atoms with E-state index in [4.69, 9.17) is 4.74 Å². The monoisotopic (exact) mass is 394 g/mol. The largest absolute Gasteiger partial charge is 0.378 e. The summed E-state index contributed by atoms with van der Waals surface area (Å²) < 4.78 is 32.9. The Morgan fingerprint density at radius 2 is 2.19 bits per heavy atom. The summed E-state index contributed by atoms with van der Waals surface area (Å²) in [5.41, 5.74) is 0. The van der Waals surface area contributed by atoms with Crippen LogP contribution in [-0.4, -0.2) is 50.5 Å². The van der Waals surface area contributed by atoms with Gasteiger partial charge in [0.2, 0.25) is 5.91 Å². The van der Waals surface area contributed by atoms with E-state index in [0.717, 1.165) is 28.0 Å². The molecule has 116 valence electrons. The van der Waals surface area contributed by atoms with Crippen molar-refractivity contribution in [2.45, 2.75) is 29.1 Å². The van der Waals surface area contributed by atoms with Crippen LogP contribution in [-0.2, 0) is 19.6 Å². The van der Waals surface area contributed by atoms with Crippen LogP contribution in [0.4, 0.5) is 0 Å². The fraction of sp³-hybridized carbons (Fsp3) is 0.583. The van der Waals surface area contributed by atoms with Crippen LogP contribution in [0.25, 0.3) is 0 Å². The highest BCUT2D eigenvalue weighted by Gasteiger charge is 2.40. The molecule has 1 aromatic heterocycles. The number of sulfonamides is 1. The molecular weight excluding hydrogens is 380 g/mol. The first-order valence-corrected chi connectivity index (χ1v) is 9.69. The predicted molar refractivity (Wildman–Crippen MR) is 81.7 cm³/mol. The van der Waals surface area contributed by atoms with Crippen molar-refractivity contribution in [1.82, 2.24) is 9.62 Å². The maximum absolute atomic E-state index is 12.7. The molecule has 0 bridgehead atoms. The summed E-state index contributed by atoms with van der Waals surface area (Å²) in [6.07, 6.45) is 1.92. The SMILES string of the molecule is O=C(NC1CC1)C1COCCN1S(=O)(=O)c1ccc(Br)s1. The Bertz CT molecular complexity index is 641. The third kappa shape index (κ3) is 3.31. The van der Waals surface area contributed by atoms with E-state index in [1.54, 1.807) is 12.1 Å². The van der Waals surface area contributed by atoms with Crippen molar-refractivity contribution in [3.63, 3.8) is 0 Å². The number of hydrogen-bond donors (Lipinski definition) is 1. The molecule has 0 spiro atoms. The Balaban J connectivity index is 1.84. The Morgan fingerprint density at radius 1 is 1.43 bits per heavy atom. The molecule has 0 aromatic carbocycles. The van der Waals surface area contributed by atoms with Crippen LogP contribution in [0, 0.1) is 0 Å². The molecule has 6 nitrogen and oxygen atoms in total. The Kier molecular flexibility index (Phi) is 4.37. The normalized spacial score (nSPS) is 24.0. The zero-order valence-corrected chi connectivity index (χ0v) is 14.3. The minimum absolute atomic E-state index is 0.102. The lowest BCUT2D eigenvalue weighted by Gasteiger charge is -2.33. The first-order chi connectivity index (χ1) is 9.98. The average Bonchev–Trinajstić information content (AvgIpc) is 3.16. The van der Waals surface area contributed by atoms with E-state index < -0.39 is 16.1 Å². The standard InChI is InChI=1S/C12H15BrN2O4S2/c13-10-3-4-11(20-10)21(17,18)15-5-6-19-7-9(15)12(16)14-8-1-2-8/h3-4,8-9H,1-2,5-7H2,(H,14,16). The molecule has 9 heteroatoms. The summed E-state index contributed by atoms with van der Waals surface area (Å²) in [6.45, 7) is 0.601. The van der Waals surface area contributed by atoms with Gasteiger partial charge >= 0.3 is 0 Å². The fourth-order valence-corrected chi connectivity index (χ4v) is 5.86. The van der Waals surface area contributed by atoms with Gasteiger partial charge in [0.15, 0.2) is 0 Å². The Labute approximate surface area is 135 Å². The highest BCUT2D eigenvalue weighted by atomic mass is 79.9. The summed E-state index contributed by atoms with van der Waals surface area (Å²) in [4.78, 5) is 12.2. The van der Waals surface area contributed by atoms with Gasteiger partial charge in [-0.2, -0.15) is 4.31 Å². The second kappa shape index (κ2) is 5.96. The van der Waals surface area contributed by atoms with Gasteiger partial charge in [0.05, 0.1) is 17.0 Å². The van der Waals surface area contributed by atoms with Crippen LogP contribution in [0.3, 0.4) is 0 Å². The van der Waals surface area contributed by atoms with Crippen LogP contribution in [0.1, 0.15) is 12.8 Å². The molecule has 1 N–H and O–H groups in total. The van der Waals surface area contributed by atoms with Crippen LogP contribution in [0.2, 0.25) is 0 Å². The van der Waals surface area contributed by atoms with Gasteiger partial charge in [0.25, 0.3) is 10.0 Å². The van der Waals surface area contributed by atoms with Gasteiger partial charge in [-0.1, -0.05) is 0 Å². The van der Waals surface area contributed by atoms with E-state index in [9.17, 15) is 13.2 Å². The molecule has 1 aliphatic heterocycles. The number of ether oxygens (including phenoxy) is 1. The van der Waals surface area contributed by atoms with Crippen molar-refractivity contribution in [1.29, 1.82) is 0 Å². The lowest BCUT2D eigenvalue weighted by molar-refractivity contribution is -0.129. The lowest BCUT2D eigenvalue weighted by Crippen LogP contribution is -2.55. The number of nitrogens with zero attached hydrogens (tertiary/aromatic N) is 1. The summed E-state index contributed by atoms with van der Waals surface area (Å²) in [7, 11) is -3.67. The molecule has 3 rings (SSSR count). The summed E-state index contributed by atoms with van der Waals surface area (Å²) in [5, 5.41) is 2.85. The molecule has 1 aliphatic carbocycles. The number of hydrogen-bond acceptors (Lipinski definition) is 5. The van der Waals surface area contributed by atoms with Gasteiger partial charge in [-0.05, 0) is 40.9 Å². The second-order valence-electron chi connectivity index (χ2n) is 5.05. The molecule has 1 amide bonds. The van der Waals surface area contributed by atoms with E-state index >= 15 is 0 Å². The molecule has 2 aliphatic rings.